The molecule has 2 aliphatic rings. The van der Waals surface area contributed by atoms with Crippen molar-refractivity contribution in [2.24, 2.45) is 0 Å². The lowest BCUT2D eigenvalue weighted by atomic mass is 10.1. The maximum Gasteiger partial charge on any atom is 0.247 e. The third-order valence-electron chi connectivity index (χ3n) is 11.2. The minimum Gasteiger partial charge on any atom is -0.497 e. The van der Waals surface area contributed by atoms with Crippen LogP contribution in [-0.2, 0) is 26.5 Å². The van der Waals surface area contributed by atoms with Crippen molar-refractivity contribution in [1.29, 1.82) is 0 Å². The van der Waals surface area contributed by atoms with E-state index in [1.165, 1.54) is 54.7 Å². The van der Waals surface area contributed by atoms with Gasteiger partial charge in [0.25, 0.3) is 0 Å². The molecule has 2 aromatic heterocycles. The van der Waals surface area contributed by atoms with E-state index >= 15 is 0 Å². The van der Waals surface area contributed by atoms with Gasteiger partial charge in [0.1, 0.15) is 38.5 Å². The van der Waals surface area contributed by atoms with E-state index in [1.54, 1.807) is 46.9 Å². The molecule has 4 heterocycles. The molecule has 6 aromatic rings. The molecule has 19 heteroatoms. The first-order valence-electron chi connectivity index (χ1n) is 21.6. The lowest BCUT2D eigenvalue weighted by molar-refractivity contribution is 0.340. The molecule has 2 aliphatic heterocycles. The summed E-state index contributed by atoms with van der Waals surface area (Å²) in [6, 6.07) is 26.0. The van der Waals surface area contributed by atoms with E-state index in [0.29, 0.717) is 82.0 Å². The first-order valence-corrected chi connectivity index (χ1v) is 26.2. The zero-order chi connectivity index (χ0) is 46.8. The molecule has 0 N–H and O–H groups in total. The Hall–Kier alpha value is -5.44. The number of ether oxygens (including phenoxy) is 5. The quantitative estimate of drug-likeness (QED) is 0.0921. The van der Waals surface area contributed by atoms with Gasteiger partial charge in [-0.25, -0.2) is 26.8 Å². The van der Waals surface area contributed by atoms with Gasteiger partial charge in [0.15, 0.2) is 10.3 Å². The normalized spacial score (nSPS) is 14.9. The second-order valence-electron chi connectivity index (χ2n) is 15.3. The Morgan fingerprint density at radius 1 is 0.530 bits per heavy atom. The molecule has 2 fully saturated rings. The summed E-state index contributed by atoms with van der Waals surface area (Å²) in [5, 5.41) is 5.89. The second kappa shape index (κ2) is 21.9. The first kappa shape index (κ1) is 48.5. The molecule has 0 atom stereocenters. The van der Waals surface area contributed by atoms with Crippen molar-refractivity contribution < 1.29 is 40.5 Å². The molecule has 0 bridgehead atoms. The topological polar surface area (TPSA) is 153 Å². The fourth-order valence-electron chi connectivity index (χ4n) is 7.59. The average Bonchev–Trinajstić information content (AvgIpc) is 4.07. The van der Waals surface area contributed by atoms with E-state index in [-0.39, 0.29) is 9.79 Å². The van der Waals surface area contributed by atoms with Gasteiger partial charge in [-0.3, -0.25) is 0 Å². The number of hydrogen-bond acceptors (Lipinski definition) is 15. The number of benzene rings is 4. The number of piperazine rings is 2. The Morgan fingerprint density at radius 3 is 1.32 bits per heavy atom. The second-order valence-corrected chi connectivity index (χ2v) is 20.7. The zero-order valence-electron chi connectivity index (χ0n) is 38.0. The van der Waals surface area contributed by atoms with Gasteiger partial charge in [-0.1, -0.05) is 37.6 Å². The van der Waals surface area contributed by atoms with Crippen molar-refractivity contribution in [3.63, 3.8) is 0 Å². The SMILES string of the molecule is CCCc1ccc(-c2csc(N3CCN(S(=O)(=O)c4cc(OC)ccc4OC)CC3)n2)cc1.CCOc1ccc(-c2csc(N3CCN(S(=O)(=O)c4cc(OC)ccc4OC)CC3)n2)cc1. The van der Waals surface area contributed by atoms with Crippen LogP contribution < -0.4 is 33.5 Å². The number of aromatic nitrogens is 2. The van der Waals surface area contributed by atoms with Crippen LogP contribution in [0.4, 0.5) is 10.3 Å². The summed E-state index contributed by atoms with van der Waals surface area (Å²) >= 11 is 3.15. The molecule has 0 unspecified atom stereocenters. The van der Waals surface area contributed by atoms with Crippen LogP contribution in [0.25, 0.3) is 22.5 Å². The first-order chi connectivity index (χ1) is 31.9. The molecular formula is C47H56N6O9S4. The molecule has 0 aliphatic carbocycles. The number of methoxy groups -OCH3 is 4. The molecule has 4 aromatic carbocycles. The van der Waals surface area contributed by atoms with Gasteiger partial charge in [0.2, 0.25) is 20.0 Å². The summed E-state index contributed by atoms with van der Waals surface area (Å²) in [7, 11) is -1.47. The monoisotopic (exact) mass is 976 g/mol. The van der Waals surface area contributed by atoms with E-state index in [0.717, 1.165) is 51.4 Å². The van der Waals surface area contributed by atoms with Gasteiger partial charge in [-0.05, 0) is 67.4 Å². The Kier molecular flexibility index (Phi) is 16.1. The summed E-state index contributed by atoms with van der Waals surface area (Å²) in [5.74, 6) is 2.40. The van der Waals surface area contributed by atoms with Crippen LogP contribution in [0.5, 0.6) is 28.7 Å². The van der Waals surface area contributed by atoms with Crippen molar-refractivity contribution in [3.05, 3.63) is 101 Å². The molecule has 0 spiro atoms. The molecular weight excluding hydrogens is 921 g/mol. The predicted molar refractivity (Wildman–Crippen MR) is 261 cm³/mol. The molecule has 2 saturated heterocycles. The molecule has 66 heavy (non-hydrogen) atoms. The fourth-order valence-corrected chi connectivity index (χ4v) is 12.6. The summed E-state index contributed by atoms with van der Waals surface area (Å²) in [4.78, 5) is 14.1. The standard InChI is InChI=1S/C24H29N3O4S2.C23H27N3O5S2/c1-4-5-18-6-8-19(9-7-18)21-17-32-24(25-21)26-12-14-27(15-13-26)33(28,29)23-16-20(30-2)10-11-22(23)31-3;1-4-31-18-7-5-17(6-8-18)20-16-32-23(24-20)25-11-13-26(14-12-25)33(27,28)22-15-19(29-2)9-10-21(22)30-3/h6-11,16-17H,4-5,12-15H2,1-3H3;5-10,15-16H,4,11-14H2,1-3H3. The van der Waals surface area contributed by atoms with E-state index in [1.807, 2.05) is 36.6 Å². The number of sulfonamides is 2. The number of nitrogens with zero attached hydrogens (tertiary/aromatic N) is 6. The van der Waals surface area contributed by atoms with Crippen molar-refractivity contribution in [3.8, 4) is 51.3 Å². The average molecular weight is 977 g/mol. The van der Waals surface area contributed by atoms with Gasteiger partial charge < -0.3 is 33.5 Å². The highest BCUT2D eigenvalue weighted by Crippen LogP contribution is 2.35. The van der Waals surface area contributed by atoms with Gasteiger partial charge in [0.05, 0.1) is 46.4 Å². The molecule has 0 amide bonds. The molecule has 8 rings (SSSR count). The lowest BCUT2D eigenvalue weighted by Gasteiger charge is -2.34. The van der Waals surface area contributed by atoms with Gasteiger partial charge in [-0.2, -0.15) is 8.61 Å². The third-order valence-corrected chi connectivity index (χ3v) is 16.9. The van der Waals surface area contributed by atoms with Gasteiger partial charge in [0, 0.05) is 86.4 Å². The van der Waals surface area contributed by atoms with Crippen LogP contribution in [0.3, 0.4) is 0 Å². The number of thiazole rings is 2. The van der Waals surface area contributed by atoms with Gasteiger partial charge in [-0.15, -0.1) is 22.7 Å². The van der Waals surface area contributed by atoms with Crippen molar-refractivity contribution in [2.75, 3.05) is 97.2 Å². The van der Waals surface area contributed by atoms with E-state index < -0.39 is 20.0 Å². The van der Waals surface area contributed by atoms with Crippen molar-refractivity contribution in [2.45, 2.75) is 36.5 Å². The van der Waals surface area contributed by atoms with Crippen LogP contribution in [0, 0.1) is 0 Å². The smallest absolute Gasteiger partial charge is 0.247 e. The Bertz CT molecular complexity index is 2560. The Morgan fingerprint density at radius 2 is 0.939 bits per heavy atom. The van der Waals surface area contributed by atoms with E-state index in [2.05, 4.69) is 46.4 Å². The highest BCUT2D eigenvalue weighted by atomic mass is 32.2. The van der Waals surface area contributed by atoms with Crippen LogP contribution in [-0.4, -0.2) is 123 Å². The predicted octanol–water partition coefficient (Wildman–Crippen LogP) is 8.03. The maximum absolute atomic E-state index is 13.3. The highest BCUT2D eigenvalue weighted by Gasteiger charge is 2.34. The summed E-state index contributed by atoms with van der Waals surface area (Å²) in [5.41, 5.74) is 5.31. The summed E-state index contributed by atoms with van der Waals surface area (Å²) in [6.45, 7) is 8.52. The number of anilines is 2. The minimum atomic E-state index is -3.72. The molecule has 352 valence electrons. The number of rotatable bonds is 16. The van der Waals surface area contributed by atoms with Crippen LogP contribution in [0.1, 0.15) is 25.8 Å². The van der Waals surface area contributed by atoms with Crippen LogP contribution >= 0.6 is 22.7 Å². The maximum atomic E-state index is 13.3. The summed E-state index contributed by atoms with van der Waals surface area (Å²) in [6.07, 6.45) is 2.21. The van der Waals surface area contributed by atoms with E-state index in [4.69, 9.17) is 33.7 Å². The lowest BCUT2D eigenvalue weighted by Crippen LogP contribution is -2.48. The molecule has 0 saturated carbocycles. The third kappa shape index (κ3) is 11.0. The zero-order valence-corrected chi connectivity index (χ0v) is 41.3. The highest BCUT2D eigenvalue weighted by molar-refractivity contribution is 7.89. The van der Waals surface area contributed by atoms with E-state index in [9.17, 15) is 16.8 Å². The molecule has 15 nitrogen and oxygen atoms in total. The number of aryl methyl sites for hydroxylation is 1. The molecule has 0 radical (unpaired) electrons. The minimum absolute atomic E-state index is 0.116. The van der Waals surface area contributed by atoms with Crippen molar-refractivity contribution >= 4 is 53.0 Å². The largest absolute Gasteiger partial charge is 0.497 e. The van der Waals surface area contributed by atoms with Crippen LogP contribution in [0.2, 0.25) is 0 Å². The van der Waals surface area contributed by atoms with Crippen LogP contribution in [0.15, 0.2) is 105 Å². The number of hydrogen-bond donors (Lipinski definition) is 0. The fraction of sp³-hybridized carbons (Fsp3) is 0.362. The van der Waals surface area contributed by atoms with Crippen molar-refractivity contribution in [1.82, 2.24) is 18.6 Å². The Labute approximate surface area is 396 Å². The van der Waals surface area contributed by atoms with Gasteiger partial charge >= 0.3 is 0 Å². The Balaban J connectivity index is 0.000000196. The summed E-state index contributed by atoms with van der Waals surface area (Å²) < 4.78 is 82.7.